The number of fused-ring (bicyclic) bond motifs is 1. The molecule has 3 aromatic heterocycles. The van der Waals surface area contributed by atoms with Gasteiger partial charge in [0.2, 0.25) is 11.8 Å². The molecule has 0 atom stereocenters. The van der Waals surface area contributed by atoms with E-state index in [-0.39, 0.29) is 34.0 Å². The summed E-state index contributed by atoms with van der Waals surface area (Å²) in [6, 6.07) is 5.60. The van der Waals surface area contributed by atoms with E-state index in [1.807, 2.05) is 0 Å². The van der Waals surface area contributed by atoms with Crippen molar-refractivity contribution in [2.75, 3.05) is 5.43 Å². The molecule has 0 saturated carbocycles. The van der Waals surface area contributed by atoms with Crippen molar-refractivity contribution in [3.05, 3.63) is 77.2 Å². The van der Waals surface area contributed by atoms with Gasteiger partial charge >= 0.3 is 5.69 Å². The summed E-state index contributed by atoms with van der Waals surface area (Å²) in [6.45, 7) is 0.0814. The first-order valence-electron chi connectivity index (χ1n) is 9.82. The molecule has 0 aliphatic carbocycles. The van der Waals surface area contributed by atoms with Crippen LogP contribution in [0.4, 0.5) is 10.3 Å². The summed E-state index contributed by atoms with van der Waals surface area (Å²) in [6.07, 6.45) is 1.07. The van der Waals surface area contributed by atoms with Crippen molar-refractivity contribution in [2.24, 2.45) is 26.2 Å². The van der Waals surface area contributed by atoms with Crippen molar-refractivity contribution in [3.8, 4) is 5.88 Å². The van der Waals surface area contributed by atoms with Crippen LogP contribution in [0, 0.1) is 10.6 Å². The number of nitrogens with one attached hydrogen (secondary N) is 2. The third-order valence-corrected chi connectivity index (χ3v) is 5.62. The van der Waals surface area contributed by atoms with Gasteiger partial charge in [0.1, 0.15) is 11.4 Å². The summed E-state index contributed by atoms with van der Waals surface area (Å²) >= 11 is 5.14. The Balaban J connectivity index is 1.69. The molecule has 0 radical (unpaired) electrons. The molecular weight excluding hydrogens is 467 g/mol. The number of aromatic hydroxyl groups is 1. The van der Waals surface area contributed by atoms with Gasteiger partial charge in [-0.05, 0) is 29.9 Å². The lowest BCUT2D eigenvalue weighted by Gasteiger charge is -2.11. The highest BCUT2D eigenvalue weighted by Gasteiger charge is 2.17. The maximum absolute atomic E-state index is 13.2. The molecular formula is C20H19FN8O4S. The highest BCUT2D eigenvalue weighted by Crippen LogP contribution is 2.16. The third-order valence-electron chi connectivity index (χ3n) is 5.29. The van der Waals surface area contributed by atoms with E-state index in [0.29, 0.717) is 5.56 Å². The predicted octanol–water partition coefficient (Wildman–Crippen LogP) is 0.529. The highest BCUT2D eigenvalue weighted by molar-refractivity contribution is 7.71. The first-order chi connectivity index (χ1) is 16.1. The minimum atomic E-state index is -0.676. The minimum Gasteiger partial charge on any atom is -0.494 e. The van der Waals surface area contributed by atoms with E-state index in [9.17, 15) is 23.9 Å². The van der Waals surface area contributed by atoms with Crippen LogP contribution >= 0.6 is 12.2 Å². The Morgan fingerprint density at radius 3 is 2.50 bits per heavy atom. The molecule has 3 N–H and O–H groups in total. The Morgan fingerprint density at radius 2 is 1.82 bits per heavy atom. The monoisotopic (exact) mass is 486 g/mol. The second-order valence-corrected chi connectivity index (χ2v) is 7.84. The van der Waals surface area contributed by atoms with Gasteiger partial charge in [-0.2, -0.15) is 10.1 Å². The molecule has 0 amide bonds. The summed E-state index contributed by atoms with van der Waals surface area (Å²) < 4.78 is 18.0. The van der Waals surface area contributed by atoms with Gasteiger partial charge in [0.15, 0.2) is 15.9 Å². The number of hydrogen-bond acceptors (Lipinski definition) is 8. The number of hydrogen-bond donors (Lipinski definition) is 3. The Kier molecular flexibility index (Phi) is 5.75. The summed E-state index contributed by atoms with van der Waals surface area (Å²) in [5, 5.41) is 14.6. The summed E-state index contributed by atoms with van der Waals surface area (Å²) in [5.41, 5.74) is 1.66. The van der Waals surface area contributed by atoms with Gasteiger partial charge in [0, 0.05) is 21.1 Å². The van der Waals surface area contributed by atoms with E-state index in [4.69, 9.17) is 12.2 Å². The molecule has 0 saturated heterocycles. The van der Waals surface area contributed by atoms with Crippen molar-refractivity contribution in [2.45, 2.75) is 6.54 Å². The Labute approximate surface area is 194 Å². The molecule has 34 heavy (non-hydrogen) atoms. The van der Waals surface area contributed by atoms with Gasteiger partial charge in [-0.15, -0.1) is 0 Å². The smallest absolute Gasteiger partial charge is 0.332 e. The molecule has 0 aliphatic heterocycles. The van der Waals surface area contributed by atoms with E-state index in [1.54, 1.807) is 7.05 Å². The summed E-state index contributed by atoms with van der Waals surface area (Å²) in [7, 11) is 4.41. The summed E-state index contributed by atoms with van der Waals surface area (Å²) in [5.74, 6) is -0.721. The van der Waals surface area contributed by atoms with Crippen molar-refractivity contribution in [1.82, 2.24) is 28.2 Å². The molecule has 0 aliphatic rings. The number of rotatable bonds is 5. The first kappa shape index (κ1) is 22.8. The van der Waals surface area contributed by atoms with E-state index >= 15 is 0 Å². The molecule has 3 heterocycles. The molecule has 1 aromatic carbocycles. The number of aromatic nitrogens is 6. The number of benzene rings is 1. The molecule has 176 valence electrons. The maximum atomic E-state index is 13.2. The number of aryl methyl sites for hydroxylation is 2. The Bertz CT molecular complexity index is 1690. The van der Waals surface area contributed by atoms with E-state index in [0.717, 1.165) is 10.8 Å². The zero-order valence-electron chi connectivity index (χ0n) is 18.2. The lowest BCUT2D eigenvalue weighted by Crippen LogP contribution is -2.37. The topological polar surface area (TPSA) is 144 Å². The van der Waals surface area contributed by atoms with Crippen LogP contribution in [0.15, 0.2) is 43.8 Å². The van der Waals surface area contributed by atoms with Gasteiger partial charge in [-0.1, -0.05) is 12.1 Å². The van der Waals surface area contributed by atoms with Crippen LogP contribution in [0.3, 0.4) is 0 Å². The van der Waals surface area contributed by atoms with Crippen LogP contribution in [0.2, 0.25) is 0 Å². The van der Waals surface area contributed by atoms with Crippen molar-refractivity contribution >= 4 is 35.5 Å². The second kappa shape index (κ2) is 8.55. The predicted molar refractivity (Wildman–Crippen MR) is 125 cm³/mol. The average molecular weight is 486 g/mol. The largest absolute Gasteiger partial charge is 0.494 e. The fourth-order valence-electron chi connectivity index (χ4n) is 3.38. The normalized spacial score (nSPS) is 11.5. The first-order valence-corrected chi connectivity index (χ1v) is 10.2. The standard InChI is InChI=1S/C20H19FN8O4S/c1-26-13-14(27(2)20(33)28(3)17(13)32)23-18(26)25-22-8-12-15(30)24-19(34)29(16(12)31)9-10-4-6-11(21)7-5-10/h4-8,31H,9H2,1-3H3,(H,23,25)(H,24,30,34)/b22-8+. The van der Waals surface area contributed by atoms with Crippen LogP contribution in [-0.2, 0) is 27.7 Å². The molecule has 4 aromatic rings. The van der Waals surface area contributed by atoms with Crippen molar-refractivity contribution in [3.63, 3.8) is 0 Å². The fraction of sp³-hybridized carbons (Fsp3) is 0.200. The van der Waals surface area contributed by atoms with Gasteiger partial charge < -0.3 is 9.67 Å². The molecule has 0 spiro atoms. The quantitative estimate of drug-likeness (QED) is 0.212. The molecule has 0 unspecified atom stereocenters. The Hall–Kier alpha value is -4.33. The number of halogens is 1. The van der Waals surface area contributed by atoms with Crippen molar-refractivity contribution < 1.29 is 9.50 Å². The average Bonchev–Trinajstić information content (AvgIpc) is 3.13. The Morgan fingerprint density at radius 1 is 1.15 bits per heavy atom. The zero-order valence-corrected chi connectivity index (χ0v) is 19.1. The third kappa shape index (κ3) is 3.83. The molecule has 4 rings (SSSR count). The van der Waals surface area contributed by atoms with Gasteiger partial charge in [-0.25, -0.2) is 14.6 Å². The summed E-state index contributed by atoms with van der Waals surface area (Å²) in [4.78, 5) is 43.6. The molecule has 14 heteroatoms. The molecule has 12 nitrogen and oxygen atoms in total. The molecule has 0 fully saturated rings. The van der Waals surface area contributed by atoms with Crippen LogP contribution in [0.1, 0.15) is 11.1 Å². The van der Waals surface area contributed by atoms with Crippen molar-refractivity contribution in [1.29, 1.82) is 0 Å². The number of aromatic amines is 1. The minimum absolute atomic E-state index is 0.0240. The van der Waals surface area contributed by atoms with E-state index in [2.05, 4.69) is 20.5 Å². The van der Waals surface area contributed by atoms with E-state index in [1.165, 1.54) is 52.1 Å². The SMILES string of the molecule is Cn1c(=O)c2c(nc(N/N=C/c3c(O)n(Cc4ccc(F)cc4)c(=S)[nH]c3=O)n2C)n(C)c1=O. The number of H-pyrrole nitrogens is 1. The van der Waals surface area contributed by atoms with Crippen LogP contribution in [-0.4, -0.2) is 39.6 Å². The highest BCUT2D eigenvalue weighted by atomic mass is 32.1. The lowest BCUT2D eigenvalue weighted by atomic mass is 10.2. The van der Waals surface area contributed by atoms with Gasteiger partial charge in [-0.3, -0.25) is 28.3 Å². The number of nitrogens with zero attached hydrogens (tertiary/aromatic N) is 6. The van der Waals surface area contributed by atoms with E-state index < -0.39 is 28.5 Å². The van der Waals surface area contributed by atoms with Crippen LogP contribution < -0.4 is 22.2 Å². The van der Waals surface area contributed by atoms with Gasteiger partial charge in [0.25, 0.3) is 11.1 Å². The zero-order chi connectivity index (χ0) is 24.7. The number of anilines is 1. The fourth-order valence-corrected chi connectivity index (χ4v) is 3.63. The maximum Gasteiger partial charge on any atom is 0.332 e. The van der Waals surface area contributed by atoms with Gasteiger partial charge in [0.05, 0.1) is 12.8 Å². The second-order valence-electron chi connectivity index (χ2n) is 7.45. The number of hydrazone groups is 1. The lowest BCUT2D eigenvalue weighted by molar-refractivity contribution is 0.411. The molecule has 0 bridgehead atoms. The van der Waals surface area contributed by atoms with Crippen LogP contribution in [0.25, 0.3) is 11.2 Å². The van der Waals surface area contributed by atoms with Crippen LogP contribution in [0.5, 0.6) is 5.88 Å². The number of imidazole rings is 1.